The molecular weight excluding hydrogens is 204 g/mol. The zero-order chi connectivity index (χ0) is 11.4. The Morgan fingerprint density at radius 1 is 1.25 bits per heavy atom. The van der Waals surface area contributed by atoms with Crippen molar-refractivity contribution in [3.8, 4) is 11.8 Å². The number of rotatable bonds is 2. The van der Waals surface area contributed by atoms with E-state index in [1.807, 2.05) is 6.07 Å². The van der Waals surface area contributed by atoms with Crippen LogP contribution < -0.4 is 5.32 Å². The average molecular weight is 212 g/mol. The molecule has 5 nitrogen and oxygen atoms in total. The van der Waals surface area contributed by atoms with Gasteiger partial charge in [-0.15, -0.1) is 0 Å². The highest BCUT2D eigenvalue weighted by Crippen LogP contribution is 2.17. The molecule has 0 radical (unpaired) electrons. The molecule has 16 heavy (non-hydrogen) atoms. The third-order valence-corrected chi connectivity index (χ3v) is 1.88. The third-order valence-electron chi connectivity index (χ3n) is 1.88. The van der Waals surface area contributed by atoms with Gasteiger partial charge in [0.05, 0.1) is 18.0 Å². The molecule has 1 aromatic carbocycles. The maximum atomic E-state index is 9.25. The topological polar surface area (TPSA) is 81.8 Å². The van der Waals surface area contributed by atoms with Crippen LogP contribution in [0.4, 0.5) is 11.6 Å². The number of hydrogen-bond donors (Lipinski definition) is 2. The average Bonchev–Trinajstić information content (AvgIpc) is 2.30. The lowest BCUT2D eigenvalue weighted by atomic mass is 10.3. The van der Waals surface area contributed by atoms with E-state index in [-0.39, 0.29) is 5.75 Å². The first-order valence-electron chi connectivity index (χ1n) is 4.56. The number of nitrogens with one attached hydrogen (secondary N) is 1. The molecule has 0 aliphatic heterocycles. The standard InChI is InChI=1S/C11H8N4O/c12-5-8-6-13-11(14-7-8)15-9-2-1-3-10(16)4-9/h1-4,6-7,16H,(H,13,14,15). The molecule has 2 N–H and O–H groups in total. The number of aromatic nitrogens is 2. The van der Waals surface area contributed by atoms with E-state index in [9.17, 15) is 5.11 Å². The highest BCUT2D eigenvalue weighted by Gasteiger charge is 1.98. The van der Waals surface area contributed by atoms with Gasteiger partial charge in [0.1, 0.15) is 11.8 Å². The molecule has 0 aliphatic carbocycles. The fraction of sp³-hybridized carbons (Fsp3) is 0. The van der Waals surface area contributed by atoms with Gasteiger partial charge in [-0.1, -0.05) is 6.07 Å². The summed E-state index contributed by atoms with van der Waals surface area (Å²) < 4.78 is 0. The minimum atomic E-state index is 0.165. The fourth-order valence-corrected chi connectivity index (χ4v) is 1.16. The first-order valence-corrected chi connectivity index (χ1v) is 4.56. The summed E-state index contributed by atoms with van der Waals surface area (Å²) in [5.74, 6) is 0.545. The highest BCUT2D eigenvalue weighted by molar-refractivity contribution is 5.55. The quantitative estimate of drug-likeness (QED) is 0.793. The number of benzene rings is 1. The predicted octanol–water partition coefficient (Wildman–Crippen LogP) is 1.80. The number of aromatic hydroxyl groups is 1. The molecule has 0 atom stereocenters. The van der Waals surface area contributed by atoms with Crippen molar-refractivity contribution < 1.29 is 5.11 Å². The second-order valence-electron chi connectivity index (χ2n) is 3.08. The Kier molecular flexibility index (Phi) is 2.65. The largest absolute Gasteiger partial charge is 0.508 e. The highest BCUT2D eigenvalue weighted by atomic mass is 16.3. The van der Waals surface area contributed by atoms with Crippen molar-refractivity contribution in [2.24, 2.45) is 0 Å². The van der Waals surface area contributed by atoms with Gasteiger partial charge in [-0.3, -0.25) is 0 Å². The summed E-state index contributed by atoms with van der Waals surface area (Å²) in [6, 6.07) is 8.55. The van der Waals surface area contributed by atoms with Crippen LogP contribution in [0.2, 0.25) is 0 Å². The summed E-state index contributed by atoms with van der Waals surface area (Å²) in [4.78, 5) is 7.90. The van der Waals surface area contributed by atoms with Crippen LogP contribution in [-0.4, -0.2) is 15.1 Å². The molecule has 0 bridgehead atoms. The lowest BCUT2D eigenvalue weighted by molar-refractivity contribution is 0.475. The van der Waals surface area contributed by atoms with Crippen LogP contribution >= 0.6 is 0 Å². The monoisotopic (exact) mass is 212 g/mol. The number of hydrogen-bond acceptors (Lipinski definition) is 5. The van der Waals surface area contributed by atoms with Gasteiger partial charge in [0.15, 0.2) is 0 Å². The Morgan fingerprint density at radius 2 is 2.00 bits per heavy atom. The number of phenolic OH excluding ortho intramolecular Hbond substituents is 1. The molecular formula is C11H8N4O. The molecule has 0 saturated heterocycles. The second kappa shape index (κ2) is 4.28. The van der Waals surface area contributed by atoms with Gasteiger partial charge in [0.2, 0.25) is 5.95 Å². The molecule has 0 unspecified atom stereocenters. The minimum Gasteiger partial charge on any atom is -0.508 e. The minimum absolute atomic E-state index is 0.165. The van der Waals surface area contributed by atoms with Crippen molar-refractivity contribution in [2.45, 2.75) is 0 Å². The molecule has 1 heterocycles. The van der Waals surface area contributed by atoms with Crippen molar-refractivity contribution >= 4 is 11.6 Å². The van der Waals surface area contributed by atoms with Gasteiger partial charge in [-0.05, 0) is 12.1 Å². The number of phenols is 1. The Balaban J connectivity index is 2.18. The Labute approximate surface area is 92.0 Å². The van der Waals surface area contributed by atoms with Gasteiger partial charge >= 0.3 is 0 Å². The molecule has 5 heteroatoms. The molecule has 0 amide bonds. The predicted molar refractivity (Wildman–Crippen MR) is 58.1 cm³/mol. The van der Waals surface area contributed by atoms with Crippen molar-refractivity contribution in [1.29, 1.82) is 5.26 Å². The summed E-state index contributed by atoms with van der Waals surface area (Å²) in [6.07, 6.45) is 2.86. The van der Waals surface area contributed by atoms with E-state index in [0.717, 1.165) is 0 Å². The van der Waals surface area contributed by atoms with Gasteiger partial charge in [-0.25, -0.2) is 9.97 Å². The van der Waals surface area contributed by atoms with Crippen molar-refractivity contribution in [3.63, 3.8) is 0 Å². The summed E-state index contributed by atoms with van der Waals surface area (Å²) in [7, 11) is 0. The number of nitriles is 1. The maximum absolute atomic E-state index is 9.25. The first-order chi connectivity index (χ1) is 7.78. The normalized spacial score (nSPS) is 9.44. The van der Waals surface area contributed by atoms with Crippen LogP contribution in [-0.2, 0) is 0 Å². The first kappa shape index (κ1) is 9.93. The van der Waals surface area contributed by atoms with Gasteiger partial charge < -0.3 is 10.4 Å². The molecule has 2 rings (SSSR count). The van der Waals surface area contributed by atoms with Crippen LogP contribution in [0.25, 0.3) is 0 Å². The van der Waals surface area contributed by atoms with E-state index in [1.165, 1.54) is 12.4 Å². The van der Waals surface area contributed by atoms with Crippen LogP contribution in [0.1, 0.15) is 5.56 Å². The zero-order valence-electron chi connectivity index (χ0n) is 8.25. The molecule has 0 fully saturated rings. The van der Waals surface area contributed by atoms with Crippen molar-refractivity contribution in [2.75, 3.05) is 5.32 Å². The smallest absolute Gasteiger partial charge is 0.227 e. The van der Waals surface area contributed by atoms with E-state index >= 15 is 0 Å². The Bertz CT molecular complexity index is 530. The Morgan fingerprint density at radius 3 is 2.62 bits per heavy atom. The molecule has 0 aliphatic rings. The lowest BCUT2D eigenvalue weighted by Gasteiger charge is -2.04. The SMILES string of the molecule is N#Cc1cnc(Nc2cccc(O)c2)nc1. The number of anilines is 2. The maximum Gasteiger partial charge on any atom is 0.227 e. The third kappa shape index (κ3) is 2.25. The van der Waals surface area contributed by atoms with E-state index < -0.39 is 0 Å². The van der Waals surface area contributed by atoms with Crippen LogP contribution in [0, 0.1) is 11.3 Å². The van der Waals surface area contributed by atoms with E-state index in [0.29, 0.717) is 17.2 Å². The Hall–Kier alpha value is -2.61. The van der Waals surface area contributed by atoms with Crippen LogP contribution in [0.3, 0.4) is 0 Å². The summed E-state index contributed by atoms with van der Waals surface area (Å²) in [6.45, 7) is 0. The van der Waals surface area contributed by atoms with Crippen LogP contribution in [0.5, 0.6) is 5.75 Å². The van der Waals surface area contributed by atoms with Crippen molar-refractivity contribution in [1.82, 2.24) is 9.97 Å². The molecule has 1 aromatic heterocycles. The summed E-state index contributed by atoms with van der Waals surface area (Å²) >= 11 is 0. The van der Waals surface area contributed by atoms with Gasteiger partial charge in [-0.2, -0.15) is 5.26 Å². The van der Waals surface area contributed by atoms with E-state index in [2.05, 4.69) is 15.3 Å². The molecule has 2 aromatic rings. The summed E-state index contributed by atoms with van der Waals surface area (Å²) in [5, 5.41) is 20.7. The zero-order valence-corrected chi connectivity index (χ0v) is 8.25. The molecule has 0 spiro atoms. The molecule has 78 valence electrons. The van der Waals surface area contributed by atoms with Crippen molar-refractivity contribution in [3.05, 3.63) is 42.2 Å². The lowest BCUT2D eigenvalue weighted by Crippen LogP contribution is -1.96. The van der Waals surface area contributed by atoms with E-state index in [4.69, 9.17) is 5.26 Å². The van der Waals surface area contributed by atoms with E-state index in [1.54, 1.807) is 24.3 Å². The fourth-order valence-electron chi connectivity index (χ4n) is 1.16. The van der Waals surface area contributed by atoms with Gasteiger partial charge in [0.25, 0.3) is 0 Å². The second-order valence-corrected chi connectivity index (χ2v) is 3.08. The van der Waals surface area contributed by atoms with Crippen LogP contribution in [0.15, 0.2) is 36.7 Å². The molecule has 0 saturated carbocycles. The number of nitrogens with zero attached hydrogens (tertiary/aromatic N) is 3. The summed E-state index contributed by atoms with van der Waals surface area (Å²) in [5.41, 5.74) is 1.09. The van der Waals surface area contributed by atoms with Gasteiger partial charge in [0, 0.05) is 11.8 Å².